The van der Waals surface area contributed by atoms with Gasteiger partial charge in [-0.1, -0.05) is 23.2 Å². The highest BCUT2D eigenvalue weighted by molar-refractivity contribution is 7.00. The number of aromatic nitrogens is 2. The lowest BCUT2D eigenvalue weighted by Gasteiger charge is -2.08. The van der Waals surface area contributed by atoms with Crippen molar-refractivity contribution in [2.24, 2.45) is 0 Å². The number of fused-ring (bicyclic) bond motifs is 1. The summed E-state index contributed by atoms with van der Waals surface area (Å²) >= 11 is 18.1. The second-order valence-electron chi connectivity index (χ2n) is 3.31. The van der Waals surface area contributed by atoms with Crippen molar-refractivity contribution in [3.8, 4) is 0 Å². The van der Waals surface area contributed by atoms with Crippen molar-refractivity contribution in [1.29, 1.82) is 0 Å². The maximum absolute atomic E-state index is 11.5. The summed E-state index contributed by atoms with van der Waals surface area (Å²) in [5, 5.41) is 4.96. The molecule has 0 fully saturated rings. The van der Waals surface area contributed by atoms with Gasteiger partial charge < -0.3 is 5.32 Å². The average Bonchev–Trinajstić information content (AvgIpc) is 2.83. The van der Waals surface area contributed by atoms with Crippen LogP contribution in [0.1, 0.15) is 0 Å². The van der Waals surface area contributed by atoms with Crippen molar-refractivity contribution in [1.82, 2.24) is 14.1 Å². The molecule has 2 N–H and O–H groups in total. The van der Waals surface area contributed by atoms with Gasteiger partial charge >= 0.3 is 6.03 Å². The molecule has 2 rings (SSSR count). The van der Waals surface area contributed by atoms with Crippen LogP contribution in [0.2, 0.25) is 10.0 Å². The number of halogens is 3. The number of anilines is 1. The van der Waals surface area contributed by atoms with E-state index in [4.69, 9.17) is 34.8 Å². The molecule has 0 aliphatic carbocycles. The molecule has 19 heavy (non-hydrogen) atoms. The highest BCUT2D eigenvalue weighted by Crippen LogP contribution is 2.35. The fraction of sp³-hybridized carbons (Fsp3) is 0.111. The van der Waals surface area contributed by atoms with Gasteiger partial charge in [-0.25, -0.2) is 4.79 Å². The number of urea groups is 1. The van der Waals surface area contributed by atoms with E-state index in [1.54, 1.807) is 0 Å². The van der Waals surface area contributed by atoms with Gasteiger partial charge in [0.25, 0.3) is 0 Å². The molecular formula is C9H5Cl3N4O2S. The Balaban J connectivity index is 2.32. The van der Waals surface area contributed by atoms with Crippen LogP contribution in [0, 0.1) is 0 Å². The monoisotopic (exact) mass is 338 g/mol. The molecule has 2 aromatic rings. The molecule has 0 radical (unpaired) electrons. The Kier molecular flexibility index (Phi) is 4.41. The van der Waals surface area contributed by atoms with E-state index in [0.717, 1.165) is 11.7 Å². The first-order valence-corrected chi connectivity index (χ1v) is 6.82. The molecule has 1 aromatic carbocycles. The van der Waals surface area contributed by atoms with Gasteiger partial charge in [0, 0.05) is 0 Å². The molecule has 1 heterocycles. The van der Waals surface area contributed by atoms with Gasteiger partial charge in [-0.3, -0.25) is 10.1 Å². The predicted molar refractivity (Wildman–Crippen MR) is 75.3 cm³/mol. The number of imide groups is 1. The van der Waals surface area contributed by atoms with E-state index in [1.807, 2.05) is 5.32 Å². The number of hydrogen-bond acceptors (Lipinski definition) is 5. The molecular weight excluding hydrogens is 335 g/mol. The smallest absolute Gasteiger partial charge is 0.304 e. The standard InChI is InChI=1S/C9H5Cl3N4O2S/c10-2-5(17)13-9(18)14-6-3(11)1-4(12)7-8(6)16-19-15-7/h1H,2H2,(H2,13,14,17,18). The van der Waals surface area contributed by atoms with Crippen LogP contribution in [0.25, 0.3) is 11.0 Å². The van der Waals surface area contributed by atoms with Crippen LogP contribution in [0.3, 0.4) is 0 Å². The molecule has 0 unspecified atom stereocenters. The Hall–Kier alpha value is -1.15. The zero-order valence-electron chi connectivity index (χ0n) is 9.04. The molecule has 1 aromatic heterocycles. The largest absolute Gasteiger partial charge is 0.326 e. The lowest BCUT2D eigenvalue weighted by atomic mass is 10.2. The van der Waals surface area contributed by atoms with Crippen molar-refractivity contribution in [2.45, 2.75) is 0 Å². The third kappa shape index (κ3) is 3.06. The Morgan fingerprint density at radius 2 is 1.89 bits per heavy atom. The highest BCUT2D eigenvalue weighted by Gasteiger charge is 2.16. The van der Waals surface area contributed by atoms with Crippen LogP contribution in [0.5, 0.6) is 0 Å². The predicted octanol–water partition coefficient (Wildman–Crippen LogP) is 2.89. The van der Waals surface area contributed by atoms with E-state index in [0.29, 0.717) is 16.1 Å². The fourth-order valence-corrected chi connectivity index (χ4v) is 2.52. The molecule has 3 amide bonds. The van der Waals surface area contributed by atoms with E-state index < -0.39 is 11.9 Å². The number of carbonyl (C=O) groups excluding carboxylic acids is 2. The minimum absolute atomic E-state index is 0.193. The average molecular weight is 340 g/mol. The number of hydrogen-bond donors (Lipinski definition) is 2. The van der Waals surface area contributed by atoms with Crippen molar-refractivity contribution in [3.05, 3.63) is 16.1 Å². The summed E-state index contributed by atoms with van der Waals surface area (Å²) in [4.78, 5) is 22.5. The van der Waals surface area contributed by atoms with Crippen LogP contribution in [-0.4, -0.2) is 26.6 Å². The molecule has 0 aliphatic heterocycles. The zero-order chi connectivity index (χ0) is 14.0. The molecule has 0 bridgehead atoms. The third-order valence-corrected chi connectivity index (χ3v) is 3.41. The van der Waals surface area contributed by atoms with Crippen LogP contribution >= 0.6 is 46.5 Å². The van der Waals surface area contributed by atoms with Crippen molar-refractivity contribution in [2.75, 3.05) is 11.2 Å². The van der Waals surface area contributed by atoms with E-state index in [1.165, 1.54) is 6.07 Å². The molecule has 0 spiro atoms. The number of amides is 3. The Morgan fingerprint density at radius 1 is 1.21 bits per heavy atom. The zero-order valence-corrected chi connectivity index (χ0v) is 12.1. The summed E-state index contributed by atoms with van der Waals surface area (Å²) in [6, 6.07) is 0.676. The van der Waals surface area contributed by atoms with Crippen LogP contribution in [0.15, 0.2) is 6.07 Å². The van der Waals surface area contributed by atoms with Crippen LogP contribution in [-0.2, 0) is 4.79 Å². The van der Waals surface area contributed by atoms with E-state index in [2.05, 4.69) is 14.1 Å². The van der Waals surface area contributed by atoms with Gasteiger partial charge in [0.05, 0.1) is 27.5 Å². The number of nitrogens with zero attached hydrogens (tertiary/aromatic N) is 2. The summed E-state index contributed by atoms with van der Waals surface area (Å²) in [6.45, 7) is 0. The molecule has 100 valence electrons. The van der Waals surface area contributed by atoms with Crippen LogP contribution < -0.4 is 10.6 Å². The molecule has 6 nitrogen and oxygen atoms in total. The van der Waals surface area contributed by atoms with Crippen molar-refractivity contribution >= 4 is 75.2 Å². The second-order valence-corrected chi connectivity index (χ2v) is 4.92. The van der Waals surface area contributed by atoms with Gasteiger partial charge in [0.1, 0.15) is 16.9 Å². The molecule has 10 heteroatoms. The number of rotatable bonds is 2. The molecule has 0 saturated heterocycles. The summed E-state index contributed by atoms with van der Waals surface area (Å²) in [7, 11) is 0. The number of benzene rings is 1. The van der Waals surface area contributed by atoms with E-state index in [9.17, 15) is 9.59 Å². The fourth-order valence-electron chi connectivity index (χ4n) is 1.30. The first-order valence-electron chi connectivity index (χ1n) is 4.80. The highest BCUT2D eigenvalue weighted by atomic mass is 35.5. The van der Waals surface area contributed by atoms with Gasteiger partial charge in [0.2, 0.25) is 5.91 Å². The Bertz CT molecular complexity index is 660. The van der Waals surface area contributed by atoms with Gasteiger partial charge in [-0.05, 0) is 6.07 Å². The summed E-state index contributed by atoms with van der Waals surface area (Å²) in [5.41, 5.74) is 1.01. The minimum Gasteiger partial charge on any atom is -0.304 e. The molecule has 0 saturated carbocycles. The quantitative estimate of drug-likeness (QED) is 0.824. The lowest BCUT2D eigenvalue weighted by molar-refractivity contribution is -0.117. The minimum atomic E-state index is -0.760. The first-order chi connectivity index (χ1) is 9.02. The first kappa shape index (κ1) is 14.3. The molecule has 0 aliphatic rings. The van der Waals surface area contributed by atoms with Crippen molar-refractivity contribution < 1.29 is 9.59 Å². The van der Waals surface area contributed by atoms with Gasteiger partial charge in [0.15, 0.2) is 0 Å². The topological polar surface area (TPSA) is 84.0 Å². The normalized spacial score (nSPS) is 10.5. The van der Waals surface area contributed by atoms with Gasteiger partial charge in [-0.15, -0.1) is 11.6 Å². The summed E-state index contributed by atoms with van der Waals surface area (Å²) < 4.78 is 7.99. The Morgan fingerprint density at radius 3 is 2.58 bits per heavy atom. The lowest BCUT2D eigenvalue weighted by Crippen LogP contribution is -2.35. The third-order valence-electron chi connectivity index (χ3n) is 2.06. The van der Waals surface area contributed by atoms with Gasteiger partial charge in [-0.2, -0.15) is 8.75 Å². The number of alkyl halides is 1. The van der Waals surface area contributed by atoms with E-state index >= 15 is 0 Å². The second kappa shape index (κ2) is 5.87. The molecule has 0 atom stereocenters. The Labute approximate surface area is 126 Å². The number of nitrogens with one attached hydrogen (secondary N) is 2. The van der Waals surface area contributed by atoms with Crippen LogP contribution in [0.4, 0.5) is 10.5 Å². The summed E-state index contributed by atoms with van der Waals surface area (Å²) in [5.74, 6) is -0.952. The van der Waals surface area contributed by atoms with Crippen molar-refractivity contribution in [3.63, 3.8) is 0 Å². The van der Waals surface area contributed by atoms with E-state index in [-0.39, 0.29) is 16.6 Å². The summed E-state index contributed by atoms with van der Waals surface area (Å²) in [6.07, 6.45) is 0. The number of carbonyl (C=O) groups is 2. The maximum atomic E-state index is 11.5. The SMILES string of the molecule is O=C(CCl)NC(=O)Nc1c(Cl)cc(Cl)c2nsnc12. The maximum Gasteiger partial charge on any atom is 0.326 e.